The fourth-order valence-electron chi connectivity index (χ4n) is 4.20. The maximum atomic E-state index is 13.2. The molecule has 3 heterocycles. The van der Waals surface area contributed by atoms with E-state index >= 15 is 0 Å². The van der Waals surface area contributed by atoms with Crippen molar-refractivity contribution in [2.75, 3.05) is 19.6 Å². The number of benzene rings is 1. The van der Waals surface area contributed by atoms with Crippen LogP contribution in [0.25, 0.3) is 10.8 Å². The quantitative estimate of drug-likeness (QED) is 0.518. The predicted molar refractivity (Wildman–Crippen MR) is 126 cm³/mol. The number of furan rings is 1. The zero-order valence-electron chi connectivity index (χ0n) is 18.6. The van der Waals surface area contributed by atoms with Crippen molar-refractivity contribution < 1.29 is 14.0 Å². The Morgan fingerprint density at radius 1 is 1.16 bits per heavy atom. The van der Waals surface area contributed by atoms with E-state index in [0.29, 0.717) is 19.5 Å². The van der Waals surface area contributed by atoms with Crippen LogP contribution in [0.1, 0.15) is 48.0 Å². The Balaban J connectivity index is 1.37. The van der Waals surface area contributed by atoms with Crippen molar-refractivity contribution in [2.24, 2.45) is 0 Å². The maximum absolute atomic E-state index is 13.2. The van der Waals surface area contributed by atoms with Gasteiger partial charge in [-0.3, -0.25) is 9.59 Å². The Labute approximate surface area is 192 Å². The number of likely N-dealkylation sites (tertiary alicyclic amines) is 1. The Kier molecular flexibility index (Phi) is 7.05. The minimum Gasteiger partial charge on any atom is -0.459 e. The van der Waals surface area contributed by atoms with Gasteiger partial charge in [-0.05, 0) is 50.5 Å². The van der Waals surface area contributed by atoms with Gasteiger partial charge < -0.3 is 14.2 Å². The molecule has 2 amide bonds. The van der Waals surface area contributed by atoms with Gasteiger partial charge in [0.2, 0.25) is 5.91 Å². The van der Waals surface area contributed by atoms with E-state index in [-0.39, 0.29) is 17.9 Å². The fourth-order valence-corrected chi connectivity index (χ4v) is 4.98. The van der Waals surface area contributed by atoms with Crippen molar-refractivity contribution in [3.05, 3.63) is 64.9 Å². The number of hydrogen-bond acceptors (Lipinski definition) is 5. The lowest BCUT2D eigenvalue weighted by molar-refractivity contribution is -0.133. The molecule has 0 atom stereocenters. The lowest BCUT2D eigenvalue weighted by Crippen LogP contribution is -2.49. The smallest absolute Gasteiger partial charge is 0.253 e. The molecule has 1 saturated heterocycles. The molecule has 6 nitrogen and oxygen atoms in total. The summed E-state index contributed by atoms with van der Waals surface area (Å²) in [5.74, 6) is 1.76. The topological polar surface area (TPSA) is 66.7 Å². The summed E-state index contributed by atoms with van der Waals surface area (Å²) in [4.78, 5) is 34.4. The molecule has 0 N–H and O–H groups in total. The van der Waals surface area contributed by atoms with Crippen LogP contribution in [0.4, 0.5) is 0 Å². The van der Waals surface area contributed by atoms with Gasteiger partial charge in [0.1, 0.15) is 5.76 Å². The minimum absolute atomic E-state index is 0.0700. The van der Waals surface area contributed by atoms with E-state index in [0.717, 1.165) is 53.6 Å². The molecule has 1 aromatic carbocycles. The molecule has 4 rings (SSSR count). The Morgan fingerprint density at radius 3 is 2.56 bits per heavy atom. The Bertz CT molecular complexity index is 1050. The molecule has 7 heteroatoms. The average Bonchev–Trinajstić information content (AvgIpc) is 3.46. The van der Waals surface area contributed by atoms with Gasteiger partial charge in [0, 0.05) is 36.6 Å². The van der Waals surface area contributed by atoms with Gasteiger partial charge in [0.15, 0.2) is 10.8 Å². The van der Waals surface area contributed by atoms with E-state index in [2.05, 4.69) is 11.9 Å². The fraction of sp³-hybridized carbons (Fsp3) is 0.400. The van der Waals surface area contributed by atoms with Crippen molar-refractivity contribution in [1.29, 1.82) is 0 Å². The molecule has 168 valence electrons. The molecule has 0 unspecified atom stereocenters. The number of aromatic nitrogens is 1. The molecule has 2 aromatic heterocycles. The van der Waals surface area contributed by atoms with Crippen LogP contribution in [0.3, 0.4) is 0 Å². The van der Waals surface area contributed by atoms with Crippen LogP contribution in [0.2, 0.25) is 0 Å². The first-order valence-corrected chi connectivity index (χ1v) is 12.1. The number of amides is 2. The van der Waals surface area contributed by atoms with Gasteiger partial charge >= 0.3 is 0 Å². The molecule has 0 bridgehead atoms. The van der Waals surface area contributed by atoms with Crippen LogP contribution < -0.4 is 0 Å². The first-order chi connectivity index (χ1) is 15.5. The van der Waals surface area contributed by atoms with Crippen LogP contribution in [0, 0.1) is 6.92 Å². The highest BCUT2D eigenvalue weighted by Crippen LogP contribution is 2.26. The van der Waals surface area contributed by atoms with Gasteiger partial charge in [-0.25, -0.2) is 4.98 Å². The summed E-state index contributed by atoms with van der Waals surface area (Å²) in [6, 6.07) is 13.4. The zero-order chi connectivity index (χ0) is 22.5. The number of carbonyl (C=O) groups is 2. The lowest BCUT2D eigenvalue weighted by atomic mass is 10.0. The summed E-state index contributed by atoms with van der Waals surface area (Å²) in [5.41, 5.74) is 1.50. The summed E-state index contributed by atoms with van der Waals surface area (Å²) >= 11 is 1.50. The molecule has 0 aliphatic carbocycles. The van der Waals surface area contributed by atoms with Gasteiger partial charge in [-0.1, -0.05) is 25.1 Å². The number of aryl methyl sites for hydroxylation is 1. The van der Waals surface area contributed by atoms with Gasteiger partial charge in [0.05, 0.1) is 12.1 Å². The number of piperidine rings is 1. The van der Waals surface area contributed by atoms with E-state index in [9.17, 15) is 9.59 Å². The molecule has 3 aromatic rings. The van der Waals surface area contributed by atoms with Crippen LogP contribution in [-0.2, 0) is 11.2 Å². The molecule has 1 aliphatic rings. The second kappa shape index (κ2) is 10.1. The number of hydrogen-bond donors (Lipinski definition) is 0. The molecule has 0 spiro atoms. The van der Waals surface area contributed by atoms with E-state index in [1.165, 1.54) is 11.3 Å². The van der Waals surface area contributed by atoms with Crippen molar-refractivity contribution >= 4 is 23.2 Å². The number of carbonyl (C=O) groups excluding carboxylic acids is 2. The second-order valence-electron chi connectivity index (χ2n) is 8.21. The standard InChI is InChI=1S/C25H29N3O3S/c1-3-13-28(21-11-14-27(15-12-21)25(30)19-7-5-4-6-8-19)23(29)16-20-17-32-24(26-20)22-10-9-18(2)31-22/h4-10,17,21H,3,11-16H2,1-2H3. The van der Waals surface area contributed by atoms with E-state index in [1.54, 1.807) is 0 Å². The molecular weight excluding hydrogens is 422 g/mol. The highest BCUT2D eigenvalue weighted by atomic mass is 32.1. The summed E-state index contributed by atoms with van der Waals surface area (Å²) in [7, 11) is 0. The summed E-state index contributed by atoms with van der Waals surface area (Å²) in [6.07, 6.45) is 2.80. The normalized spacial score (nSPS) is 14.5. The number of rotatable bonds is 7. The largest absolute Gasteiger partial charge is 0.459 e. The van der Waals surface area contributed by atoms with Crippen molar-refractivity contribution in [1.82, 2.24) is 14.8 Å². The third kappa shape index (κ3) is 5.10. The summed E-state index contributed by atoms with van der Waals surface area (Å²) in [5, 5.41) is 2.74. The Morgan fingerprint density at radius 2 is 1.91 bits per heavy atom. The van der Waals surface area contributed by atoms with Crippen LogP contribution in [0.15, 0.2) is 52.3 Å². The van der Waals surface area contributed by atoms with Crippen molar-refractivity contribution in [3.63, 3.8) is 0 Å². The number of thiazole rings is 1. The van der Waals surface area contributed by atoms with Crippen LogP contribution in [0.5, 0.6) is 0 Å². The van der Waals surface area contributed by atoms with Gasteiger partial charge in [0.25, 0.3) is 5.91 Å². The van der Waals surface area contributed by atoms with E-state index in [4.69, 9.17) is 4.42 Å². The molecular formula is C25H29N3O3S. The Hall–Kier alpha value is -2.93. The van der Waals surface area contributed by atoms with Crippen molar-refractivity contribution in [2.45, 2.75) is 45.6 Å². The van der Waals surface area contributed by atoms with Crippen molar-refractivity contribution in [3.8, 4) is 10.8 Å². The maximum Gasteiger partial charge on any atom is 0.253 e. The van der Waals surface area contributed by atoms with E-state index < -0.39 is 0 Å². The highest BCUT2D eigenvalue weighted by molar-refractivity contribution is 7.13. The predicted octanol–water partition coefficient (Wildman–Crippen LogP) is 4.80. The highest BCUT2D eigenvalue weighted by Gasteiger charge is 2.30. The van der Waals surface area contributed by atoms with E-state index in [1.807, 2.05) is 64.6 Å². The molecule has 1 fully saturated rings. The third-order valence-corrected chi connectivity index (χ3v) is 6.74. The van der Waals surface area contributed by atoms with Crippen LogP contribution >= 0.6 is 11.3 Å². The second-order valence-corrected chi connectivity index (χ2v) is 9.07. The number of nitrogens with zero attached hydrogens (tertiary/aromatic N) is 3. The monoisotopic (exact) mass is 451 g/mol. The lowest BCUT2D eigenvalue weighted by Gasteiger charge is -2.38. The van der Waals surface area contributed by atoms with Gasteiger partial charge in [-0.15, -0.1) is 11.3 Å². The zero-order valence-corrected chi connectivity index (χ0v) is 19.4. The first-order valence-electron chi connectivity index (χ1n) is 11.2. The molecule has 0 radical (unpaired) electrons. The van der Waals surface area contributed by atoms with Gasteiger partial charge in [-0.2, -0.15) is 0 Å². The molecule has 32 heavy (non-hydrogen) atoms. The minimum atomic E-state index is 0.0700. The SMILES string of the molecule is CCCN(C(=O)Cc1csc(-c2ccc(C)o2)n1)C1CCN(C(=O)c2ccccc2)CC1. The first kappa shape index (κ1) is 22.3. The summed E-state index contributed by atoms with van der Waals surface area (Å²) < 4.78 is 5.65. The summed E-state index contributed by atoms with van der Waals surface area (Å²) in [6.45, 7) is 6.07. The average molecular weight is 452 g/mol. The molecule has 0 saturated carbocycles. The van der Waals surface area contributed by atoms with Crippen LogP contribution in [-0.4, -0.2) is 52.3 Å². The molecule has 1 aliphatic heterocycles. The third-order valence-electron chi connectivity index (χ3n) is 5.83.